The van der Waals surface area contributed by atoms with E-state index in [1.807, 2.05) is 12.4 Å². The second kappa shape index (κ2) is 14.1. The Balaban J connectivity index is 1.43. The zero-order valence-electron chi connectivity index (χ0n) is 25.4. The van der Waals surface area contributed by atoms with Gasteiger partial charge in [-0.05, 0) is 62.6 Å². The highest BCUT2D eigenvalue weighted by Gasteiger charge is 2.42. The quantitative estimate of drug-likeness (QED) is 0.351. The number of halogens is 3. The van der Waals surface area contributed by atoms with Crippen LogP contribution in [0.4, 0.5) is 18.9 Å². The lowest BCUT2D eigenvalue weighted by Gasteiger charge is -2.36. The lowest BCUT2D eigenvalue weighted by molar-refractivity contribution is -0.148. The molecule has 1 aliphatic heterocycles. The molecule has 2 fully saturated rings. The predicted octanol–water partition coefficient (Wildman–Crippen LogP) is 3.09. The van der Waals surface area contributed by atoms with Gasteiger partial charge in [0.15, 0.2) is 0 Å². The number of hydrogen-bond donors (Lipinski definition) is 3. The fourth-order valence-electron chi connectivity index (χ4n) is 5.06. The zero-order chi connectivity index (χ0) is 32.9. The number of carbonyl (C=O) groups is 4. The first-order valence-electron chi connectivity index (χ1n) is 14.9. The summed E-state index contributed by atoms with van der Waals surface area (Å²) in [7, 11) is 1.96. The Morgan fingerprint density at radius 1 is 1.02 bits per heavy atom. The molecular weight excluding hydrogens is 589 g/mol. The van der Waals surface area contributed by atoms with E-state index < -0.39 is 47.1 Å². The van der Waals surface area contributed by atoms with Crippen LogP contribution in [0.25, 0.3) is 0 Å². The van der Waals surface area contributed by atoms with Gasteiger partial charge in [-0.1, -0.05) is 25.1 Å². The first kappa shape index (κ1) is 33.5. The van der Waals surface area contributed by atoms with Gasteiger partial charge in [0.1, 0.15) is 17.9 Å². The molecule has 2 aliphatic rings. The summed E-state index contributed by atoms with van der Waals surface area (Å²) in [6.45, 7) is 5.27. The SMILES string of the molecule is C[C@H](NC(=O)C(F)(F)c1cccc(C#N)c1)C(=O)Nc1ccc([C@H](C)[C@@H](NC(=O)CC2CC2)C(=O)N2CCN(C)CC2)cc1F. The normalized spacial score (nSPS) is 17.4. The Morgan fingerprint density at radius 2 is 1.71 bits per heavy atom. The number of carbonyl (C=O) groups excluding carboxylic acids is 4. The average molecular weight is 627 g/mol. The highest BCUT2D eigenvalue weighted by molar-refractivity contribution is 5.98. The van der Waals surface area contributed by atoms with Crippen molar-refractivity contribution in [2.75, 3.05) is 38.5 Å². The Labute approximate surface area is 259 Å². The summed E-state index contributed by atoms with van der Waals surface area (Å²) in [5.74, 6) is -8.37. The summed E-state index contributed by atoms with van der Waals surface area (Å²) in [4.78, 5) is 55.1. The number of alkyl halides is 2. The van der Waals surface area contributed by atoms with Crippen molar-refractivity contribution in [3.05, 3.63) is 65.0 Å². The number of hydrogen-bond acceptors (Lipinski definition) is 6. The molecule has 1 saturated heterocycles. The van der Waals surface area contributed by atoms with Gasteiger partial charge in [0.05, 0.1) is 17.3 Å². The monoisotopic (exact) mass is 626 g/mol. The van der Waals surface area contributed by atoms with Crippen LogP contribution < -0.4 is 16.0 Å². The minimum absolute atomic E-state index is 0.0605. The Hall–Kier alpha value is -4.44. The van der Waals surface area contributed by atoms with Crippen molar-refractivity contribution in [3.63, 3.8) is 0 Å². The van der Waals surface area contributed by atoms with E-state index in [1.54, 1.807) is 17.9 Å². The third-order valence-electron chi connectivity index (χ3n) is 8.23. The summed E-state index contributed by atoms with van der Waals surface area (Å²) in [6.07, 6.45) is 2.27. The van der Waals surface area contributed by atoms with Crippen LogP contribution >= 0.6 is 0 Å². The standard InChI is InChI=1S/C32H37F3N6O4/c1-19(28(39-27(42)16-21-7-8-21)30(44)41-13-11-40(3)12-14-41)23-9-10-26(25(33)17-23)38-29(43)20(2)37-31(45)32(34,35)24-6-4-5-22(15-24)18-36/h4-6,9-10,15,17,19-21,28H,7-8,11-14,16H2,1-3H3,(H,37,45)(H,38,43)(H,39,42)/t19-,20-,28+/m0/s1. The minimum Gasteiger partial charge on any atom is -0.344 e. The number of benzene rings is 2. The topological polar surface area (TPSA) is 135 Å². The molecule has 0 unspecified atom stereocenters. The van der Waals surface area contributed by atoms with E-state index in [1.165, 1.54) is 31.2 Å². The first-order chi connectivity index (χ1) is 21.3. The van der Waals surface area contributed by atoms with Gasteiger partial charge in [-0.2, -0.15) is 14.0 Å². The highest BCUT2D eigenvalue weighted by atomic mass is 19.3. The van der Waals surface area contributed by atoms with E-state index in [4.69, 9.17) is 5.26 Å². The van der Waals surface area contributed by atoms with E-state index in [2.05, 4.69) is 15.5 Å². The zero-order valence-corrected chi connectivity index (χ0v) is 25.4. The van der Waals surface area contributed by atoms with Gasteiger partial charge in [-0.15, -0.1) is 0 Å². The minimum atomic E-state index is -4.03. The van der Waals surface area contributed by atoms with Crippen molar-refractivity contribution < 1.29 is 32.3 Å². The third kappa shape index (κ3) is 8.39. The summed E-state index contributed by atoms with van der Waals surface area (Å²) in [6, 6.07) is 7.67. The molecule has 2 aromatic rings. The second-order valence-electron chi connectivity index (χ2n) is 11.8. The molecule has 240 valence electrons. The fraction of sp³-hybridized carbons (Fsp3) is 0.469. The van der Waals surface area contributed by atoms with Crippen LogP contribution in [-0.4, -0.2) is 78.7 Å². The summed E-state index contributed by atoms with van der Waals surface area (Å²) >= 11 is 0. The number of anilines is 1. The van der Waals surface area contributed by atoms with Gasteiger partial charge in [0.25, 0.3) is 5.91 Å². The maximum absolute atomic E-state index is 15.2. The summed E-state index contributed by atoms with van der Waals surface area (Å²) in [5.41, 5.74) is -0.624. The molecule has 45 heavy (non-hydrogen) atoms. The molecular formula is C32H37F3N6O4. The number of amides is 4. The van der Waals surface area contributed by atoms with Gasteiger partial charge in [0, 0.05) is 44.1 Å². The van der Waals surface area contributed by atoms with E-state index >= 15 is 4.39 Å². The van der Waals surface area contributed by atoms with Gasteiger partial charge in [0.2, 0.25) is 17.7 Å². The lowest BCUT2D eigenvalue weighted by atomic mass is 9.91. The maximum Gasteiger partial charge on any atom is 0.349 e. The van der Waals surface area contributed by atoms with E-state index in [0.717, 1.165) is 31.0 Å². The van der Waals surface area contributed by atoms with Gasteiger partial charge in [-0.25, -0.2) is 4.39 Å². The van der Waals surface area contributed by atoms with E-state index in [9.17, 15) is 28.0 Å². The van der Waals surface area contributed by atoms with Gasteiger partial charge >= 0.3 is 5.92 Å². The van der Waals surface area contributed by atoms with Crippen molar-refractivity contribution in [1.29, 1.82) is 5.26 Å². The number of nitrogens with one attached hydrogen (secondary N) is 3. The Morgan fingerprint density at radius 3 is 2.33 bits per heavy atom. The third-order valence-corrected chi connectivity index (χ3v) is 8.23. The Bertz CT molecular complexity index is 1480. The molecule has 1 heterocycles. The Kier molecular flexibility index (Phi) is 10.5. The second-order valence-corrected chi connectivity index (χ2v) is 11.8. The summed E-state index contributed by atoms with van der Waals surface area (Å²) in [5, 5.41) is 16.1. The molecule has 0 spiro atoms. The van der Waals surface area contributed by atoms with Gasteiger partial charge in [-0.3, -0.25) is 19.2 Å². The smallest absolute Gasteiger partial charge is 0.344 e. The predicted molar refractivity (Wildman–Crippen MR) is 159 cm³/mol. The van der Waals surface area contributed by atoms with Crippen LogP contribution in [0.3, 0.4) is 0 Å². The molecule has 4 rings (SSSR count). The van der Waals surface area contributed by atoms with Crippen molar-refractivity contribution in [2.24, 2.45) is 5.92 Å². The molecule has 1 aliphatic carbocycles. The molecule has 0 radical (unpaired) electrons. The average Bonchev–Trinajstić information content (AvgIpc) is 3.84. The van der Waals surface area contributed by atoms with Crippen molar-refractivity contribution in [1.82, 2.24) is 20.4 Å². The number of likely N-dealkylation sites (N-methyl/N-ethyl adjacent to an activating group) is 1. The lowest BCUT2D eigenvalue weighted by Crippen LogP contribution is -2.55. The molecule has 3 N–H and O–H groups in total. The molecule has 0 bridgehead atoms. The van der Waals surface area contributed by atoms with Crippen LogP contribution in [0.5, 0.6) is 0 Å². The van der Waals surface area contributed by atoms with Crippen molar-refractivity contribution in [2.45, 2.75) is 57.0 Å². The molecule has 1 saturated carbocycles. The van der Waals surface area contributed by atoms with E-state index in [-0.39, 0.29) is 23.1 Å². The van der Waals surface area contributed by atoms with Crippen molar-refractivity contribution >= 4 is 29.3 Å². The number of piperazine rings is 1. The van der Waals surface area contributed by atoms with E-state index in [0.29, 0.717) is 44.1 Å². The van der Waals surface area contributed by atoms with Crippen LogP contribution in [0.2, 0.25) is 0 Å². The number of nitrogens with zero attached hydrogens (tertiary/aromatic N) is 3. The molecule has 13 heteroatoms. The molecule has 10 nitrogen and oxygen atoms in total. The molecule has 4 amide bonds. The van der Waals surface area contributed by atoms with Crippen LogP contribution in [0.15, 0.2) is 42.5 Å². The summed E-state index contributed by atoms with van der Waals surface area (Å²) < 4.78 is 44.7. The molecule has 0 aromatic heterocycles. The van der Waals surface area contributed by atoms with Gasteiger partial charge < -0.3 is 25.8 Å². The van der Waals surface area contributed by atoms with Crippen LogP contribution in [0, 0.1) is 23.1 Å². The first-order valence-corrected chi connectivity index (χ1v) is 14.9. The number of rotatable bonds is 11. The van der Waals surface area contributed by atoms with Crippen LogP contribution in [-0.2, 0) is 25.1 Å². The highest BCUT2D eigenvalue weighted by Crippen LogP contribution is 2.33. The largest absolute Gasteiger partial charge is 0.349 e. The molecule has 3 atom stereocenters. The molecule has 2 aromatic carbocycles. The fourth-order valence-corrected chi connectivity index (χ4v) is 5.06. The number of nitriles is 1. The maximum atomic E-state index is 15.2. The van der Waals surface area contributed by atoms with Crippen LogP contribution in [0.1, 0.15) is 55.7 Å². The van der Waals surface area contributed by atoms with Crippen molar-refractivity contribution in [3.8, 4) is 6.07 Å².